The van der Waals surface area contributed by atoms with E-state index in [0.29, 0.717) is 19.4 Å². The Morgan fingerprint density at radius 1 is 0.354 bits per heavy atom. The van der Waals surface area contributed by atoms with Crippen molar-refractivity contribution >= 4 is 62.1 Å². The van der Waals surface area contributed by atoms with E-state index in [9.17, 15) is 48.3 Å². The molecule has 9 N–H and O–H groups in total. The van der Waals surface area contributed by atoms with Gasteiger partial charge in [0.1, 0.15) is 32.5 Å². The van der Waals surface area contributed by atoms with Crippen LogP contribution >= 0.6 is 9.24 Å². The minimum Gasteiger partial charge on any atom is -0.481 e. The van der Waals surface area contributed by atoms with Crippen LogP contribution in [0.4, 0.5) is 0 Å². The summed E-state index contributed by atoms with van der Waals surface area (Å²) in [6.07, 6.45) is 17.6. The van der Waals surface area contributed by atoms with E-state index in [0.717, 1.165) is 64.3 Å². The molecule has 0 bridgehead atoms. The number of rotatable bonds is 62. The van der Waals surface area contributed by atoms with Crippen LogP contribution in [-0.4, -0.2) is 220 Å². The first-order chi connectivity index (χ1) is 39.7. The van der Waals surface area contributed by atoms with Crippen molar-refractivity contribution in [2.75, 3.05) is 145 Å². The Balaban J connectivity index is 3.58. The van der Waals surface area contributed by atoms with Crippen molar-refractivity contribution in [3.63, 3.8) is 0 Å². The molecule has 0 aliphatic heterocycles. The molecule has 0 aromatic carbocycles. The molecule has 476 valence electrons. The molecule has 0 saturated carbocycles. The second kappa shape index (κ2) is 58.3. The fourth-order valence-corrected chi connectivity index (χ4v) is 7.94. The lowest BCUT2D eigenvalue weighted by Gasteiger charge is -2.14. The Kier molecular flexibility index (Phi) is 55.1. The number of carboxylic acids is 2. The van der Waals surface area contributed by atoms with Gasteiger partial charge in [-0.05, 0) is 45.1 Å². The predicted octanol–water partition coefficient (Wildman–Crippen LogP) is 1.93. The Bertz CT molecular complexity index is 1690. The van der Waals surface area contributed by atoms with Crippen molar-refractivity contribution < 1.29 is 91.3 Å². The highest BCUT2D eigenvalue weighted by molar-refractivity contribution is 7.40. The van der Waals surface area contributed by atoms with Crippen LogP contribution < -0.4 is 37.2 Å². The van der Waals surface area contributed by atoms with Gasteiger partial charge in [-0.2, -0.15) is 0 Å². The molecule has 0 rings (SSSR count). The van der Waals surface area contributed by atoms with Gasteiger partial charge >= 0.3 is 11.9 Å². The zero-order valence-electron chi connectivity index (χ0n) is 49.0. The van der Waals surface area contributed by atoms with Gasteiger partial charge in [-0.1, -0.05) is 93.2 Å². The van der Waals surface area contributed by atoms with Gasteiger partial charge in [-0.15, -0.1) is 0 Å². The number of carboxylic acid groups (broad SMARTS) is 2. The van der Waals surface area contributed by atoms with Gasteiger partial charge in [0.2, 0.25) is 35.4 Å². The molecule has 0 aliphatic carbocycles. The monoisotopic (exact) mass is 1200 g/mol. The van der Waals surface area contributed by atoms with E-state index in [4.69, 9.17) is 43.0 Å². The van der Waals surface area contributed by atoms with Crippen molar-refractivity contribution in [3.05, 3.63) is 0 Å². The summed E-state index contributed by atoms with van der Waals surface area (Å²) in [5.74, 6) is -3.83. The first kappa shape index (κ1) is 77.5. The van der Waals surface area contributed by atoms with Crippen LogP contribution in [0.15, 0.2) is 0 Å². The Hall–Kier alpha value is -4.50. The summed E-state index contributed by atoms with van der Waals surface area (Å²) in [5.41, 5.74) is 0.0328. The summed E-state index contributed by atoms with van der Waals surface area (Å²) >= 11 is 0. The van der Waals surface area contributed by atoms with Crippen LogP contribution in [0.5, 0.6) is 0 Å². The molecular weight excluding hydrogens is 1090 g/mol. The largest absolute Gasteiger partial charge is 0.481 e. The number of ether oxygens (including phenoxy) is 8. The van der Waals surface area contributed by atoms with Crippen molar-refractivity contribution in [1.82, 2.24) is 37.2 Å². The van der Waals surface area contributed by atoms with E-state index >= 15 is 0 Å². The number of hydrogen-bond donors (Lipinski definition) is 9. The molecule has 0 aliphatic rings. The molecule has 0 saturated heterocycles. The molecule has 26 nitrogen and oxygen atoms in total. The van der Waals surface area contributed by atoms with Crippen LogP contribution in [0.3, 0.4) is 0 Å². The molecule has 82 heavy (non-hydrogen) atoms. The molecule has 0 aromatic rings. The van der Waals surface area contributed by atoms with Crippen LogP contribution in [0.25, 0.3) is 0 Å². The number of nitrogens with one attached hydrogen (secondary N) is 7. The average molecular weight is 1200 g/mol. The Morgan fingerprint density at radius 3 is 1.05 bits per heavy atom. The van der Waals surface area contributed by atoms with E-state index in [1.165, 1.54) is 38.5 Å². The van der Waals surface area contributed by atoms with Crippen LogP contribution in [0, 0.1) is 0 Å². The molecule has 27 heteroatoms. The molecule has 0 aromatic heterocycles. The van der Waals surface area contributed by atoms with Gasteiger partial charge in [0, 0.05) is 52.0 Å². The van der Waals surface area contributed by atoms with Crippen molar-refractivity contribution in [2.24, 2.45) is 0 Å². The SMILES string of the molecule is CCN[C@@H](CCCCNC(=O)COCCOCCNC(=O)COCCOCCNC(=O)COCCOCCNC(=O)COCCOCCNC(=O)CC[C@H](NC(=O)CCCCCCCCCCCCCCCCC(=O)O)C(=O)O)C(=O)P. The molecule has 0 heterocycles. The number of likely N-dealkylation sites (N-methyl/N-ethyl adjacent to an activating group) is 1. The van der Waals surface area contributed by atoms with Gasteiger partial charge in [0.15, 0.2) is 5.52 Å². The number of unbranched alkanes of at least 4 members (excludes halogenated alkanes) is 14. The maximum Gasteiger partial charge on any atom is 0.326 e. The summed E-state index contributed by atoms with van der Waals surface area (Å²) in [4.78, 5) is 106. The van der Waals surface area contributed by atoms with Crippen molar-refractivity contribution in [1.29, 1.82) is 0 Å². The summed E-state index contributed by atoms with van der Waals surface area (Å²) in [6.45, 7) is 6.09. The molecule has 1 unspecified atom stereocenters. The fourth-order valence-electron chi connectivity index (χ4n) is 7.66. The number of carbonyl (C=O) groups is 9. The lowest BCUT2D eigenvalue weighted by Crippen LogP contribution is -2.41. The van der Waals surface area contributed by atoms with Crippen LogP contribution in [0.1, 0.15) is 142 Å². The van der Waals surface area contributed by atoms with Gasteiger partial charge in [0.05, 0.1) is 85.3 Å². The summed E-state index contributed by atoms with van der Waals surface area (Å²) in [7, 11) is 2.20. The maximum absolute atomic E-state index is 12.4. The first-order valence-electron chi connectivity index (χ1n) is 29.5. The Labute approximate surface area is 488 Å². The number of hydrogen-bond acceptors (Lipinski definition) is 18. The minimum absolute atomic E-state index is 0.0328. The zero-order chi connectivity index (χ0) is 60.4. The van der Waals surface area contributed by atoms with E-state index < -0.39 is 18.0 Å². The highest BCUT2D eigenvalue weighted by atomic mass is 31.0. The fraction of sp³-hybridized carbons (Fsp3) is 0.836. The molecule has 6 amide bonds. The second-order valence-electron chi connectivity index (χ2n) is 19.3. The van der Waals surface area contributed by atoms with Crippen molar-refractivity contribution in [2.45, 2.75) is 154 Å². The van der Waals surface area contributed by atoms with Gasteiger partial charge in [-0.3, -0.25) is 38.4 Å². The highest BCUT2D eigenvalue weighted by Crippen LogP contribution is 2.14. The van der Waals surface area contributed by atoms with E-state index in [1.807, 2.05) is 6.92 Å². The normalized spacial score (nSPS) is 11.8. The summed E-state index contributed by atoms with van der Waals surface area (Å²) < 4.78 is 42.8. The smallest absolute Gasteiger partial charge is 0.326 e. The average Bonchev–Trinajstić information content (AvgIpc) is 3.44. The standard InChI is InChI=1S/C55H102N7O19P/c1-2-56-46(55(73)82)19-17-18-24-57-49(65)41-78-37-34-75-30-26-59-51(67)43-80-39-36-77-32-28-61-52(68)44-81-40-35-76-31-27-60-50(66)42-79-38-33-74-29-25-58-47(63)23-22-45(54(71)72)62-48(64)20-15-13-11-9-7-5-3-4-6-8-10-12-14-16-21-53(69)70/h45-46,56H,2-44,82H2,1H3,(H,57,65)(H,58,63)(H,59,67)(H,60,66)(H,61,68)(H,62,64)(H,69,70)(H,71,72)/t45-,46-/m0/s1. The van der Waals surface area contributed by atoms with Gasteiger partial charge in [-0.25, -0.2) is 4.79 Å². The van der Waals surface area contributed by atoms with Crippen LogP contribution in [-0.2, 0) is 81.0 Å². The quantitative estimate of drug-likeness (QED) is 0.0310. The van der Waals surface area contributed by atoms with E-state index in [-0.39, 0.29) is 205 Å². The molecule has 0 spiro atoms. The third-order valence-corrected chi connectivity index (χ3v) is 12.5. The zero-order valence-corrected chi connectivity index (χ0v) is 50.1. The first-order valence-corrected chi connectivity index (χ1v) is 30.0. The predicted molar refractivity (Wildman–Crippen MR) is 308 cm³/mol. The lowest BCUT2D eigenvalue weighted by atomic mass is 10.0. The molecule has 0 fully saturated rings. The highest BCUT2D eigenvalue weighted by Gasteiger charge is 2.21. The molecular formula is C55H102N7O19P. The third kappa shape index (κ3) is 56.0. The van der Waals surface area contributed by atoms with E-state index in [1.54, 1.807) is 0 Å². The number of aliphatic carboxylic acids is 2. The minimum atomic E-state index is -1.19. The number of amides is 6. The van der Waals surface area contributed by atoms with Gasteiger partial charge < -0.3 is 85.3 Å². The number of carbonyl (C=O) groups excluding carboxylic acids is 7. The van der Waals surface area contributed by atoms with Crippen molar-refractivity contribution in [3.8, 4) is 0 Å². The summed E-state index contributed by atoms with van der Waals surface area (Å²) in [6, 6.07) is -1.33. The third-order valence-electron chi connectivity index (χ3n) is 12.1. The second-order valence-corrected chi connectivity index (χ2v) is 19.8. The molecule has 0 radical (unpaired) electrons. The lowest BCUT2D eigenvalue weighted by molar-refractivity contribution is -0.142. The molecule has 3 atom stereocenters. The topological polar surface area (TPSA) is 352 Å². The van der Waals surface area contributed by atoms with Crippen LogP contribution in [0.2, 0.25) is 0 Å². The summed E-state index contributed by atoms with van der Waals surface area (Å²) in [5, 5.41) is 37.3. The maximum atomic E-state index is 12.4. The Morgan fingerprint density at radius 2 is 0.695 bits per heavy atom. The van der Waals surface area contributed by atoms with E-state index in [2.05, 4.69) is 46.5 Å². The van der Waals surface area contributed by atoms with Gasteiger partial charge in [0.25, 0.3) is 0 Å².